The molecule has 10 heteroatoms. The van der Waals surface area contributed by atoms with Crippen LogP contribution in [0.5, 0.6) is 0 Å². The molecule has 0 unspecified atom stereocenters. The number of hydrogen-bond donors (Lipinski definition) is 2. The molecular weight excluding hydrogens is 396 g/mol. The Morgan fingerprint density at radius 2 is 0.967 bits per heavy atom. The number of aliphatic imine (C=N–C) groups is 2. The van der Waals surface area contributed by atoms with Crippen molar-refractivity contribution in [3.8, 4) is 0 Å². The fourth-order valence-electron chi connectivity index (χ4n) is 2.40. The predicted molar refractivity (Wildman–Crippen MR) is 101 cm³/mol. The molecule has 0 spiro atoms. The van der Waals surface area contributed by atoms with Gasteiger partial charge >= 0.3 is 11.9 Å². The number of isocyanates is 2. The predicted octanol–water partition coefficient (Wildman–Crippen LogP) is 2.34. The summed E-state index contributed by atoms with van der Waals surface area (Å²) in [4.78, 5) is 69.7. The van der Waals surface area contributed by atoms with E-state index in [0.29, 0.717) is 5.56 Å². The van der Waals surface area contributed by atoms with Gasteiger partial charge in [0.05, 0.1) is 11.1 Å². The van der Waals surface area contributed by atoms with Crippen molar-refractivity contribution in [1.29, 1.82) is 0 Å². The van der Waals surface area contributed by atoms with Gasteiger partial charge in [-0.25, -0.2) is 19.2 Å². The molecule has 0 aliphatic carbocycles. The van der Waals surface area contributed by atoms with Gasteiger partial charge in [0.15, 0.2) is 0 Å². The molecule has 0 saturated carbocycles. The topological polar surface area (TPSA) is 168 Å². The lowest BCUT2D eigenvalue weighted by Crippen LogP contribution is -2.06. The number of carbonyl (C=O) groups is 4. The van der Waals surface area contributed by atoms with Gasteiger partial charge in [-0.15, -0.1) is 9.98 Å². The Labute approximate surface area is 169 Å². The second-order valence-electron chi connectivity index (χ2n) is 5.58. The zero-order chi connectivity index (χ0) is 22.8. The van der Waals surface area contributed by atoms with Gasteiger partial charge in [0.25, 0.3) is 11.8 Å². The van der Waals surface area contributed by atoms with Crippen LogP contribution >= 0.6 is 0 Å². The molecule has 0 saturated heterocycles. The number of amides is 2. The normalized spacial score (nSPS) is 9.13. The van der Waals surface area contributed by atoms with Crippen LogP contribution in [-0.4, -0.2) is 46.1 Å². The van der Waals surface area contributed by atoms with E-state index in [0.717, 1.165) is 12.2 Å². The molecule has 0 radical (unpaired) electrons. The summed E-state index contributed by atoms with van der Waals surface area (Å²) in [6, 6.07) is 8.40. The van der Waals surface area contributed by atoms with Crippen LogP contribution in [0.25, 0.3) is 0 Å². The third-order valence-corrected chi connectivity index (χ3v) is 3.88. The van der Waals surface area contributed by atoms with E-state index in [1.165, 1.54) is 50.2 Å². The minimum atomic E-state index is -1.11. The van der Waals surface area contributed by atoms with Gasteiger partial charge < -0.3 is 10.2 Å². The summed E-state index contributed by atoms with van der Waals surface area (Å²) in [5, 5.41) is 17.4. The molecule has 30 heavy (non-hydrogen) atoms. The van der Waals surface area contributed by atoms with Gasteiger partial charge in [0.1, 0.15) is 0 Å². The average Bonchev–Trinajstić information content (AvgIpc) is 2.68. The molecule has 0 aromatic heterocycles. The second kappa shape index (κ2) is 10.7. The van der Waals surface area contributed by atoms with E-state index in [2.05, 4.69) is 9.98 Å². The molecule has 2 amide bonds. The lowest BCUT2D eigenvalue weighted by atomic mass is 10.0. The summed E-state index contributed by atoms with van der Waals surface area (Å²) in [5.41, 5.74) is 0.795. The van der Waals surface area contributed by atoms with E-state index in [1.54, 1.807) is 0 Å². The third-order valence-electron chi connectivity index (χ3n) is 3.88. The summed E-state index contributed by atoms with van der Waals surface area (Å²) < 4.78 is 0. The zero-order valence-corrected chi connectivity index (χ0v) is 15.7. The molecule has 0 fully saturated rings. The molecule has 2 rings (SSSR count). The first-order valence-electron chi connectivity index (χ1n) is 8.05. The lowest BCUT2D eigenvalue weighted by molar-refractivity contribution is 0.0695. The van der Waals surface area contributed by atoms with Crippen LogP contribution < -0.4 is 0 Å². The second-order valence-corrected chi connectivity index (χ2v) is 5.58. The van der Waals surface area contributed by atoms with E-state index >= 15 is 0 Å². The van der Waals surface area contributed by atoms with Crippen LogP contribution in [0.3, 0.4) is 0 Å². The highest BCUT2D eigenvalue weighted by atomic mass is 16.4. The van der Waals surface area contributed by atoms with Crippen molar-refractivity contribution in [2.45, 2.75) is 13.8 Å². The number of carboxylic acid groups (broad SMARTS) is 2. The molecule has 10 nitrogen and oxygen atoms in total. The van der Waals surface area contributed by atoms with Crippen molar-refractivity contribution < 1.29 is 39.0 Å². The van der Waals surface area contributed by atoms with Crippen molar-refractivity contribution in [1.82, 2.24) is 0 Å². The Hall–Kier alpha value is -4.52. The summed E-state index contributed by atoms with van der Waals surface area (Å²) >= 11 is 0. The quantitative estimate of drug-likeness (QED) is 0.572. The Morgan fingerprint density at radius 1 is 0.667 bits per heavy atom. The zero-order valence-electron chi connectivity index (χ0n) is 15.7. The minimum absolute atomic E-state index is 0.0277. The number of hydrogen-bond acceptors (Lipinski definition) is 6. The van der Waals surface area contributed by atoms with Crippen LogP contribution in [0.1, 0.15) is 52.6 Å². The minimum Gasteiger partial charge on any atom is -0.478 e. The highest BCUT2D eigenvalue weighted by molar-refractivity contribution is 6.04. The van der Waals surface area contributed by atoms with Crippen LogP contribution in [0.4, 0.5) is 0 Å². The van der Waals surface area contributed by atoms with Gasteiger partial charge in [0, 0.05) is 11.1 Å². The fourth-order valence-corrected chi connectivity index (χ4v) is 2.40. The highest BCUT2D eigenvalue weighted by Gasteiger charge is 2.15. The van der Waals surface area contributed by atoms with E-state index < -0.39 is 23.8 Å². The molecule has 0 heterocycles. The molecule has 0 bridgehead atoms. The average molecular weight is 410 g/mol. The van der Waals surface area contributed by atoms with Gasteiger partial charge in [-0.3, -0.25) is 9.59 Å². The number of aromatic carboxylic acids is 2. The van der Waals surface area contributed by atoms with E-state index in [-0.39, 0.29) is 27.8 Å². The van der Waals surface area contributed by atoms with Crippen LogP contribution in [-0.2, 0) is 9.59 Å². The molecular formula is C20H14N2O8. The Morgan fingerprint density at radius 3 is 1.27 bits per heavy atom. The van der Waals surface area contributed by atoms with Crippen LogP contribution in [0, 0.1) is 13.8 Å². The summed E-state index contributed by atoms with van der Waals surface area (Å²) in [6.07, 6.45) is 2.24. The monoisotopic (exact) mass is 410 g/mol. The first kappa shape index (κ1) is 23.5. The Bertz CT molecular complexity index is 1040. The van der Waals surface area contributed by atoms with E-state index in [1.807, 2.05) is 0 Å². The van der Waals surface area contributed by atoms with Crippen molar-refractivity contribution in [3.63, 3.8) is 0 Å². The molecule has 2 aromatic rings. The maximum atomic E-state index is 11.3. The largest absolute Gasteiger partial charge is 0.478 e. The van der Waals surface area contributed by atoms with Crippen molar-refractivity contribution >= 4 is 35.9 Å². The van der Waals surface area contributed by atoms with E-state index in [9.17, 15) is 28.8 Å². The van der Waals surface area contributed by atoms with Gasteiger partial charge in [-0.2, -0.15) is 0 Å². The van der Waals surface area contributed by atoms with Crippen LogP contribution in [0.2, 0.25) is 0 Å². The Balaban J connectivity index is 0.000000311. The van der Waals surface area contributed by atoms with Gasteiger partial charge in [-0.05, 0) is 49.2 Å². The van der Waals surface area contributed by atoms with Crippen molar-refractivity contribution in [2.75, 3.05) is 0 Å². The third kappa shape index (κ3) is 5.74. The number of carboxylic acids is 2. The van der Waals surface area contributed by atoms with Crippen molar-refractivity contribution in [3.05, 3.63) is 69.8 Å². The number of benzene rings is 2. The molecule has 152 valence electrons. The summed E-state index contributed by atoms with van der Waals surface area (Å²) in [5.74, 6) is -3.83. The standard InChI is InChI=1S/C11H6N2O4.C9H8O4/c1-7-8(10(16)12-5-14)3-2-4-9(7)11(17)13-6-15;1-5-6(8(10)11)3-2-4-7(5)9(12)13/h2-4H,1H3;2-4H,1H3,(H,10,11)(H,12,13). The first-order chi connectivity index (χ1) is 14.1. The van der Waals surface area contributed by atoms with Gasteiger partial charge in [0.2, 0.25) is 12.2 Å². The first-order valence-corrected chi connectivity index (χ1v) is 8.05. The molecule has 2 N–H and O–H groups in total. The maximum Gasteiger partial charge on any atom is 0.335 e. The fraction of sp³-hybridized carbons (Fsp3) is 0.100. The summed E-state index contributed by atoms with van der Waals surface area (Å²) in [7, 11) is 0. The Kier molecular flexibility index (Phi) is 8.41. The van der Waals surface area contributed by atoms with E-state index in [4.69, 9.17) is 10.2 Å². The molecule has 0 aliphatic rings. The molecule has 0 aliphatic heterocycles. The highest BCUT2D eigenvalue weighted by Crippen LogP contribution is 2.16. The molecule has 2 aromatic carbocycles. The SMILES string of the molecule is Cc1c(C(=O)N=C=O)cccc1C(=O)N=C=O.Cc1c(C(=O)O)cccc1C(=O)O. The molecule has 0 atom stereocenters. The van der Waals surface area contributed by atoms with Crippen LogP contribution in [0.15, 0.2) is 46.4 Å². The number of rotatable bonds is 4. The lowest BCUT2D eigenvalue weighted by Gasteiger charge is -2.04. The summed E-state index contributed by atoms with van der Waals surface area (Å²) in [6.45, 7) is 2.97. The number of carbonyl (C=O) groups excluding carboxylic acids is 4. The van der Waals surface area contributed by atoms with Crippen molar-refractivity contribution in [2.24, 2.45) is 9.98 Å². The number of nitrogens with zero attached hydrogens (tertiary/aromatic N) is 2. The smallest absolute Gasteiger partial charge is 0.335 e. The van der Waals surface area contributed by atoms with Gasteiger partial charge in [-0.1, -0.05) is 12.1 Å². The maximum absolute atomic E-state index is 11.3.